The predicted molar refractivity (Wildman–Crippen MR) is 206 cm³/mol. The first-order chi connectivity index (χ1) is 25.3. The predicted octanol–water partition coefficient (Wildman–Crippen LogP) is 12.2. The largest absolute Gasteiger partial charge is 0.457 e. The molecule has 0 saturated heterocycles. The van der Waals surface area contributed by atoms with Gasteiger partial charge in [0.05, 0.1) is 10.8 Å². The standard InChI is InChI=1S/C50H30O/c1-6-20-39-33(14-1)34-15-2-7-21-40(34)49(39)41-22-8-5-18-37(41)38-30-31(28-29-44(38)49)32-19-13-27-47-48(32)50(45-25-11-12-26-46(45)51-47)42-23-9-3-16-35(42)36-17-4-10-24-43(36)50/h1-30H. The molecule has 0 aromatic heterocycles. The number of ether oxygens (including phenoxy) is 1. The van der Waals surface area contributed by atoms with Gasteiger partial charge in [0.15, 0.2) is 0 Å². The molecular formula is C50H30O. The Kier molecular flexibility index (Phi) is 5.17. The number of rotatable bonds is 1. The van der Waals surface area contributed by atoms with Gasteiger partial charge in [0.2, 0.25) is 0 Å². The molecule has 1 heteroatoms. The lowest BCUT2D eigenvalue weighted by atomic mass is 9.64. The van der Waals surface area contributed by atoms with E-state index in [1.807, 2.05) is 0 Å². The maximum Gasteiger partial charge on any atom is 0.132 e. The summed E-state index contributed by atoms with van der Waals surface area (Å²) in [5, 5.41) is 0. The maximum atomic E-state index is 6.86. The summed E-state index contributed by atoms with van der Waals surface area (Å²) in [4.78, 5) is 0. The fourth-order valence-corrected chi connectivity index (χ4v) is 10.4. The lowest BCUT2D eigenvalue weighted by Crippen LogP contribution is -2.32. The van der Waals surface area contributed by atoms with E-state index in [2.05, 4.69) is 182 Å². The summed E-state index contributed by atoms with van der Waals surface area (Å²) in [6, 6.07) is 67.5. The van der Waals surface area contributed by atoms with Crippen LogP contribution in [-0.4, -0.2) is 0 Å². The summed E-state index contributed by atoms with van der Waals surface area (Å²) in [5.41, 5.74) is 19.8. The summed E-state index contributed by atoms with van der Waals surface area (Å²) < 4.78 is 6.86. The van der Waals surface area contributed by atoms with Crippen LogP contribution >= 0.6 is 0 Å². The molecule has 3 aliphatic carbocycles. The Morgan fingerprint density at radius 3 is 1.22 bits per heavy atom. The van der Waals surface area contributed by atoms with Gasteiger partial charge in [-0.3, -0.25) is 0 Å². The first-order valence-corrected chi connectivity index (χ1v) is 17.9. The van der Waals surface area contributed by atoms with Crippen LogP contribution in [0.4, 0.5) is 0 Å². The van der Waals surface area contributed by atoms with E-state index in [9.17, 15) is 0 Å². The zero-order valence-corrected chi connectivity index (χ0v) is 27.7. The van der Waals surface area contributed by atoms with Crippen molar-refractivity contribution in [3.63, 3.8) is 0 Å². The summed E-state index contributed by atoms with van der Waals surface area (Å²) >= 11 is 0. The molecule has 236 valence electrons. The minimum atomic E-state index is -0.532. The van der Waals surface area contributed by atoms with Crippen molar-refractivity contribution in [1.29, 1.82) is 0 Å². The van der Waals surface area contributed by atoms with Crippen molar-refractivity contribution in [1.82, 2.24) is 0 Å². The summed E-state index contributed by atoms with van der Waals surface area (Å²) in [7, 11) is 0. The average Bonchev–Trinajstić information content (AvgIpc) is 3.78. The van der Waals surface area contributed by atoms with Crippen LogP contribution in [0.15, 0.2) is 182 Å². The van der Waals surface area contributed by atoms with E-state index in [0.29, 0.717) is 0 Å². The summed E-state index contributed by atoms with van der Waals surface area (Å²) in [6.45, 7) is 0. The Morgan fingerprint density at radius 2 is 0.667 bits per heavy atom. The number of benzene rings is 8. The smallest absolute Gasteiger partial charge is 0.132 e. The molecule has 8 aromatic carbocycles. The third-order valence-corrected chi connectivity index (χ3v) is 12.2. The maximum absolute atomic E-state index is 6.86. The van der Waals surface area contributed by atoms with Crippen molar-refractivity contribution in [2.24, 2.45) is 0 Å². The second kappa shape index (κ2) is 9.62. The molecule has 4 aliphatic rings. The van der Waals surface area contributed by atoms with Crippen molar-refractivity contribution in [3.05, 3.63) is 226 Å². The first-order valence-electron chi connectivity index (χ1n) is 17.9. The van der Waals surface area contributed by atoms with Gasteiger partial charge in [-0.2, -0.15) is 0 Å². The highest BCUT2D eigenvalue weighted by Gasteiger charge is 2.53. The van der Waals surface area contributed by atoms with Crippen molar-refractivity contribution in [2.45, 2.75) is 10.8 Å². The molecule has 12 rings (SSSR count). The first kappa shape index (κ1) is 27.4. The molecule has 0 fully saturated rings. The summed E-state index contributed by atoms with van der Waals surface area (Å²) in [6.07, 6.45) is 0. The zero-order chi connectivity index (χ0) is 33.3. The van der Waals surface area contributed by atoms with Crippen LogP contribution in [0.5, 0.6) is 11.5 Å². The van der Waals surface area contributed by atoms with E-state index in [0.717, 1.165) is 11.5 Å². The van der Waals surface area contributed by atoms with Crippen molar-refractivity contribution >= 4 is 0 Å². The zero-order valence-electron chi connectivity index (χ0n) is 27.7. The number of para-hydroxylation sites is 1. The minimum absolute atomic E-state index is 0.361. The van der Waals surface area contributed by atoms with E-state index in [1.54, 1.807) is 0 Å². The van der Waals surface area contributed by atoms with Crippen LogP contribution in [0, 0.1) is 0 Å². The fraction of sp³-hybridized carbons (Fsp3) is 0.0400. The molecule has 0 radical (unpaired) electrons. The molecule has 0 unspecified atom stereocenters. The summed E-state index contributed by atoms with van der Waals surface area (Å²) in [5.74, 6) is 1.82. The molecule has 0 amide bonds. The topological polar surface area (TPSA) is 9.23 Å². The average molecular weight is 647 g/mol. The molecular weight excluding hydrogens is 617 g/mol. The van der Waals surface area contributed by atoms with Gasteiger partial charge in [-0.1, -0.05) is 164 Å². The molecule has 1 nitrogen and oxygen atoms in total. The van der Waals surface area contributed by atoms with Crippen LogP contribution in [0.25, 0.3) is 44.5 Å². The van der Waals surface area contributed by atoms with Crippen molar-refractivity contribution < 1.29 is 4.74 Å². The van der Waals surface area contributed by atoms with Crippen LogP contribution in [-0.2, 0) is 10.8 Å². The molecule has 0 N–H and O–H groups in total. The van der Waals surface area contributed by atoms with Gasteiger partial charge >= 0.3 is 0 Å². The van der Waals surface area contributed by atoms with Gasteiger partial charge in [0.1, 0.15) is 11.5 Å². The van der Waals surface area contributed by atoms with E-state index >= 15 is 0 Å². The molecule has 0 saturated carbocycles. The highest BCUT2D eigenvalue weighted by atomic mass is 16.5. The third kappa shape index (κ3) is 3.15. The normalized spacial score (nSPS) is 15.1. The minimum Gasteiger partial charge on any atom is -0.457 e. The second-order valence-corrected chi connectivity index (χ2v) is 14.3. The molecule has 2 spiro atoms. The Hall–Kier alpha value is -6.44. The monoisotopic (exact) mass is 646 g/mol. The number of hydrogen-bond donors (Lipinski definition) is 0. The van der Waals surface area contributed by atoms with Gasteiger partial charge < -0.3 is 4.74 Å². The molecule has 1 heterocycles. The van der Waals surface area contributed by atoms with Crippen LogP contribution < -0.4 is 4.74 Å². The molecule has 0 bridgehead atoms. The number of hydrogen-bond acceptors (Lipinski definition) is 1. The number of fused-ring (bicyclic) bond motifs is 19. The SMILES string of the molecule is c1ccc2c(c1)Oc1cccc(-c3ccc4c(c3)-c3ccccc3C43c4ccccc4-c4ccccc43)c1C21c2ccccc2-c2ccccc21. The second-order valence-electron chi connectivity index (χ2n) is 14.3. The van der Waals surface area contributed by atoms with Crippen LogP contribution in [0.3, 0.4) is 0 Å². The van der Waals surface area contributed by atoms with Crippen LogP contribution in [0.2, 0.25) is 0 Å². The third-order valence-electron chi connectivity index (χ3n) is 12.2. The molecule has 8 aromatic rings. The molecule has 0 atom stereocenters. The quantitative estimate of drug-likeness (QED) is 0.172. The van der Waals surface area contributed by atoms with Gasteiger partial charge in [0.25, 0.3) is 0 Å². The van der Waals surface area contributed by atoms with Gasteiger partial charge in [-0.05, 0) is 96.1 Å². The highest BCUT2D eigenvalue weighted by Crippen LogP contribution is 2.65. The van der Waals surface area contributed by atoms with Crippen molar-refractivity contribution in [2.75, 3.05) is 0 Å². The lowest BCUT2D eigenvalue weighted by Gasteiger charge is -2.40. The van der Waals surface area contributed by atoms with Crippen LogP contribution in [0.1, 0.15) is 44.5 Å². The van der Waals surface area contributed by atoms with Gasteiger partial charge in [-0.25, -0.2) is 0 Å². The van der Waals surface area contributed by atoms with E-state index in [1.165, 1.54) is 89.0 Å². The fourth-order valence-electron chi connectivity index (χ4n) is 10.4. The van der Waals surface area contributed by atoms with Gasteiger partial charge in [-0.15, -0.1) is 0 Å². The Labute approximate surface area is 297 Å². The Morgan fingerprint density at radius 1 is 0.275 bits per heavy atom. The Bertz CT molecular complexity index is 2710. The van der Waals surface area contributed by atoms with E-state index in [4.69, 9.17) is 4.74 Å². The highest BCUT2D eigenvalue weighted by molar-refractivity contribution is 5.97. The van der Waals surface area contributed by atoms with E-state index < -0.39 is 5.41 Å². The van der Waals surface area contributed by atoms with E-state index in [-0.39, 0.29) is 5.41 Å². The molecule has 1 aliphatic heterocycles. The van der Waals surface area contributed by atoms with Gasteiger partial charge in [0, 0.05) is 11.1 Å². The molecule has 51 heavy (non-hydrogen) atoms. The van der Waals surface area contributed by atoms with Crippen molar-refractivity contribution in [3.8, 4) is 56.0 Å². The lowest BCUT2D eigenvalue weighted by molar-refractivity contribution is 0.437. The Balaban J connectivity index is 1.17.